The van der Waals surface area contributed by atoms with Crippen molar-refractivity contribution in [1.29, 1.82) is 0 Å². The Morgan fingerprint density at radius 1 is 1.15 bits per heavy atom. The van der Waals surface area contributed by atoms with Crippen LogP contribution >= 0.6 is 11.8 Å². The van der Waals surface area contributed by atoms with Crippen molar-refractivity contribution in [2.24, 2.45) is 0 Å². The highest BCUT2D eigenvalue weighted by atomic mass is 32.2. The summed E-state index contributed by atoms with van der Waals surface area (Å²) in [6.45, 7) is 9.35. The molecule has 6 nitrogen and oxygen atoms in total. The molecule has 0 aliphatic carbocycles. The van der Waals surface area contributed by atoms with Gasteiger partial charge in [0, 0.05) is 24.5 Å². The maximum atomic E-state index is 12.6. The summed E-state index contributed by atoms with van der Waals surface area (Å²) in [5, 5.41) is 0.651. The smallest absolute Gasteiger partial charge is 0.233 e. The molecule has 0 saturated heterocycles. The van der Waals surface area contributed by atoms with Gasteiger partial charge in [-0.05, 0) is 51.0 Å². The second kappa shape index (κ2) is 7.95. The molecular weight excluding hydrogens is 350 g/mol. The number of fused-ring (bicyclic) bond motifs is 1. The van der Waals surface area contributed by atoms with Gasteiger partial charge in [-0.2, -0.15) is 0 Å². The molecule has 1 amide bonds. The molecule has 0 unspecified atom stereocenters. The van der Waals surface area contributed by atoms with Crippen LogP contribution in [0, 0.1) is 20.8 Å². The van der Waals surface area contributed by atoms with Crippen LogP contribution in [-0.2, 0) is 11.3 Å². The normalized spacial score (nSPS) is 12.3. The molecule has 1 aromatic carbocycles. The van der Waals surface area contributed by atoms with E-state index in [1.807, 2.05) is 50.8 Å². The van der Waals surface area contributed by atoms with Gasteiger partial charge in [0.25, 0.3) is 0 Å². The molecule has 1 aromatic heterocycles. The SMILES string of the molecule is CCN(Cc1ccc2c(c1)OCO2)C(=O)CSc1nc(C)c(C)c(C)n1. The number of nitrogens with zero attached hydrogens (tertiary/aromatic N) is 3. The number of rotatable bonds is 6. The minimum absolute atomic E-state index is 0.0645. The van der Waals surface area contributed by atoms with Crippen LogP contribution in [0.15, 0.2) is 23.4 Å². The lowest BCUT2D eigenvalue weighted by molar-refractivity contribution is -0.128. The Morgan fingerprint density at radius 3 is 2.54 bits per heavy atom. The Morgan fingerprint density at radius 2 is 1.85 bits per heavy atom. The third-order valence-electron chi connectivity index (χ3n) is 4.48. The lowest BCUT2D eigenvalue weighted by Crippen LogP contribution is -2.31. The van der Waals surface area contributed by atoms with E-state index in [1.54, 1.807) is 0 Å². The molecule has 0 saturated carbocycles. The molecule has 0 fully saturated rings. The highest BCUT2D eigenvalue weighted by molar-refractivity contribution is 7.99. The summed E-state index contributed by atoms with van der Waals surface area (Å²) in [5.41, 5.74) is 4.03. The summed E-state index contributed by atoms with van der Waals surface area (Å²) in [5.74, 6) is 1.87. The van der Waals surface area contributed by atoms with E-state index < -0.39 is 0 Å². The first-order chi connectivity index (χ1) is 12.5. The predicted molar refractivity (Wildman–Crippen MR) is 101 cm³/mol. The Hall–Kier alpha value is -2.28. The molecule has 1 aliphatic rings. The van der Waals surface area contributed by atoms with Crippen LogP contribution in [0.1, 0.15) is 29.4 Å². The number of ether oxygens (including phenoxy) is 2. The van der Waals surface area contributed by atoms with Crippen LogP contribution < -0.4 is 9.47 Å². The maximum Gasteiger partial charge on any atom is 0.233 e. The third kappa shape index (κ3) is 4.09. The maximum absolute atomic E-state index is 12.6. The van der Waals surface area contributed by atoms with Crippen LogP contribution in [0.2, 0.25) is 0 Å². The van der Waals surface area contributed by atoms with Crippen LogP contribution in [0.3, 0.4) is 0 Å². The van der Waals surface area contributed by atoms with Crippen molar-refractivity contribution >= 4 is 17.7 Å². The van der Waals surface area contributed by atoms with E-state index in [9.17, 15) is 4.79 Å². The van der Waals surface area contributed by atoms with E-state index in [2.05, 4.69) is 9.97 Å². The summed E-state index contributed by atoms with van der Waals surface area (Å²) in [7, 11) is 0. The van der Waals surface area contributed by atoms with Gasteiger partial charge in [0.15, 0.2) is 16.7 Å². The van der Waals surface area contributed by atoms with E-state index >= 15 is 0 Å². The van der Waals surface area contributed by atoms with Crippen molar-refractivity contribution in [2.45, 2.75) is 39.4 Å². The number of aromatic nitrogens is 2. The molecule has 0 spiro atoms. The molecule has 0 atom stereocenters. The number of hydrogen-bond acceptors (Lipinski definition) is 6. The molecule has 1 aliphatic heterocycles. The molecular formula is C19H23N3O3S. The molecule has 0 N–H and O–H groups in total. The van der Waals surface area contributed by atoms with Gasteiger partial charge in [0.05, 0.1) is 5.75 Å². The number of thioether (sulfide) groups is 1. The summed E-state index contributed by atoms with van der Waals surface area (Å²) >= 11 is 1.38. The van der Waals surface area contributed by atoms with Gasteiger partial charge in [0.1, 0.15) is 0 Å². The minimum Gasteiger partial charge on any atom is -0.454 e. The number of benzene rings is 1. The summed E-state index contributed by atoms with van der Waals surface area (Å²) in [6.07, 6.45) is 0. The predicted octanol–water partition coefficient (Wildman–Crippen LogP) is 3.27. The summed E-state index contributed by atoms with van der Waals surface area (Å²) < 4.78 is 10.7. The van der Waals surface area contributed by atoms with Crippen molar-refractivity contribution in [1.82, 2.24) is 14.9 Å². The number of amides is 1. The Bertz CT molecular complexity index is 803. The quantitative estimate of drug-likeness (QED) is 0.572. The molecule has 26 heavy (non-hydrogen) atoms. The van der Waals surface area contributed by atoms with E-state index in [4.69, 9.17) is 9.47 Å². The number of aryl methyl sites for hydroxylation is 2. The first-order valence-corrected chi connectivity index (χ1v) is 9.57. The fraction of sp³-hybridized carbons (Fsp3) is 0.421. The lowest BCUT2D eigenvalue weighted by atomic mass is 10.2. The van der Waals surface area contributed by atoms with Crippen molar-refractivity contribution in [2.75, 3.05) is 19.1 Å². The molecule has 7 heteroatoms. The van der Waals surface area contributed by atoms with Gasteiger partial charge in [0.2, 0.25) is 12.7 Å². The number of carbonyl (C=O) groups excluding carboxylic acids is 1. The molecule has 2 aromatic rings. The monoisotopic (exact) mass is 373 g/mol. The average molecular weight is 373 g/mol. The summed E-state index contributed by atoms with van der Waals surface area (Å²) in [6, 6.07) is 5.78. The zero-order valence-corrected chi connectivity index (χ0v) is 16.4. The van der Waals surface area contributed by atoms with Gasteiger partial charge >= 0.3 is 0 Å². The van der Waals surface area contributed by atoms with Gasteiger partial charge < -0.3 is 14.4 Å². The average Bonchev–Trinajstić information content (AvgIpc) is 3.09. The lowest BCUT2D eigenvalue weighted by Gasteiger charge is -2.21. The molecule has 3 rings (SSSR count). The van der Waals surface area contributed by atoms with E-state index in [0.717, 1.165) is 34.0 Å². The standard InChI is InChI=1S/C19H23N3O3S/c1-5-22(9-15-6-7-16-17(8-15)25-11-24-16)18(23)10-26-19-20-13(3)12(2)14(4)21-19/h6-8H,5,9-11H2,1-4H3. The van der Waals surface area contributed by atoms with Gasteiger partial charge in [-0.15, -0.1) is 0 Å². The largest absolute Gasteiger partial charge is 0.454 e. The highest BCUT2D eigenvalue weighted by Crippen LogP contribution is 2.32. The van der Waals surface area contributed by atoms with E-state index in [0.29, 0.717) is 24.0 Å². The molecule has 0 radical (unpaired) electrons. The Kier molecular flexibility index (Phi) is 5.66. The summed E-state index contributed by atoms with van der Waals surface area (Å²) in [4.78, 5) is 23.4. The van der Waals surface area contributed by atoms with E-state index in [1.165, 1.54) is 11.8 Å². The fourth-order valence-electron chi connectivity index (χ4n) is 2.66. The van der Waals surface area contributed by atoms with E-state index in [-0.39, 0.29) is 12.7 Å². The van der Waals surface area contributed by atoms with Crippen LogP contribution in [0.4, 0.5) is 0 Å². The van der Waals surface area contributed by atoms with Crippen LogP contribution in [-0.4, -0.2) is 39.9 Å². The Balaban J connectivity index is 1.62. The van der Waals surface area contributed by atoms with Crippen LogP contribution in [0.25, 0.3) is 0 Å². The first kappa shape index (κ1) is 18.5. The van der Waals surface area contributed by atoms with Gasteiger partial charge in [-0.3, -0.25) is 4.79 Å². The molecule has 2 heterocycles. The Labute approximate surface area is 157 Å². The topological polar surface area (TPSA) is 64.6 Å². The van der Waals surface area contributed by atoms with Gasteiger partial charge in [-0.1, -0.05) is 17.8 Å². The molecule has 138 valence electrons. The zero-order chi connectivity index (χ0) is 18.7. The van der Waals surface area contributed by atoms with Gasteiger partial charge in [-0.25, -0.2) is 9.97 Å². The number of hydrogen-bond donors (Lipinski definition) is 0. The molecule has 0 bridgehead atoms. The van der Waals surface area contributed by atoms with Crippen molar-refractivity contribution in [3.05, 3.63) is 40.7 Å². The van der Waals surface area contributed by atoms with Crippen molar-refractivity contribution in [3.8, 4) is 11.5 Å². The zero-order valence-electron chi connectivity index (χ0n) is 15.5. The third-order valence-corrected chi connectivity index (χ3v) is 5.31. The number of carbonyl (C=O) groups is 1. The first-order valence-electron chi connectivity index (χ1n) is 8.59. The second-order valence-corrected chi connectivity index (χ2v) is 7.13. The van der Waals surface area contributed by atoms with Crippen molar-refractivity contribution in [3.63, 3.8) is 0 Å². The van der Waals surface area contributed by atoms with Crippen molar-refractivity contribution < 1.29 is 14.3 Å². The minimum atomic E-state index is 0.0645. The fourth-order valence-corrected chi connectivity index (χ4v) is 3.50. The second-order valence-electron chi connectivity index (χ2n) is 6.19. The highest BCUT2D eigenvalue weighted by Gasteiger charge is 2.17. The van der Waals surface area contributed by atoms with Crippen LogP contribution in [0.5, 0.6) is 11.5 Å².